The minimum absolute atomic E-state index is 0.0659. The molecule has 2 aromatic heterocycles. The topological polar surface area (TPSA) is 75.6 Å². The SMILES string of the molecule is Cc1cnc2c(c1)CCC(=O)N2C.Cc1cnc2c(c1)OCC(=O)N2C. The number of carbonyl (C=O) groups is 2. The molecular weight excluding hydrogens is 332 g/mol. The van der Waals surface area contributed by atoms with E-state index in [4.69, 9.17) is 4.74 Å². The molecule has 0 fully saturated rings. The number of hydrogen-bond donors (Lipinski definition) is 0. The molecule has 0 radical (unpaired) electrons. The Morgan fingerprint density at radius 1 is 0.885 bits per heavy atom. The number of ether oxygens (including phenoxy) is 1. The summed E-state index contributed by atoms with van der Waals surface area (Å²) in [4.78, 5) is 34.1. The molecule has 4 rings (SSSR count). The number of rotatable bonds is 0. The smallest absolute Gasteiger partial charge is 0.265 e. The summed E-state index contributed by atoms with van der Waals surface area (Å²) in [6.45, 7) is 4.06. The third-order valence-electron chi connectivity index (χ3n) is 4.39. The van der Waals surface area contributed by atoms with Gasteiger partial charge in [-0.15, -0.1) is 0 Å². The van der Waals surface area contributed by atoms with Gasteiger partial charge in [0.15, 0.2) is 18.2 Å². The molecule has 0 bridgehead atoms. The summed E-state index contributed by atoms with van der Waals surface area (Å²) in [5, 5.41) is 0. The molecule has 2 amide bonds. The predicted octanol–water partition coefficient (Wildman–Crippen LogP) is 2.04. The lowest BCUT2D eigenvalue weighted by Gasteiger charge is -2.24. The van der Waals surface area contributed by atoms with E-state index in [9.17, 15) is 9.59 Å². The summed E-state index contributed by atoms with van der Waals surface area (Å²) in [6.07, 6.45) is 4.95. The highest BCUT2D eigenvalue weighted by molar-refractivity contribution is 5.96. The maximum atomic E-state index is 11.3. The molecule has 7 nitrogen and oxygen atoms in total. The highest BCUT2D eigenvalue weighted by atomic mass is 16.5. The van der Waals surface area contributed by atoms with Crippen molar-refractivity contribution in [3.8, 4) is 5.75 Å². The molecule has 0 saturated heterocycles. The number of fused-ring (bicyclic) bond motifs is 2. The molecule has 4 heterocycles. The van der Waals surface area contributed by atoms with Crippen molar-refractivity contribution in [3.05, 3.63) is 41.2 Å². The second-order valence-corrected chi connectivity index (χ2v) is 6.52. The first kappa shape index (κ1) is 17.8. The fourth-order valence-electron chi connectivity index (χ4n) is 2.88. The van der Waals surface area contributed by atoms with Crippen molar-refractivity contribution in [2.45, 2.75) is 26.7 Å². The lowest BCUT2D eigenvalue weighted by Crippen LogP contribution is -2.36. The summed E-state index contributed by atoms with van der Waals surface area (Å²) >= 11 is 0. The third kappa shape index (κ3) is 3.51. The van der Waals surface area contributed by atoms with Crippen molar-refractivity contribution < 1.29 is 14.3 Å². The van der Waals surface area contributed by atoms with Crippen LogP contribution in [0.3, 0.4) is 0 Å². The monoisotopic (exact) mass is 354 g/mol. The van der Waals surface area contributed by atoms with Crippen molar-refractivity contribution in [1.82, 2.24) is 9.97 Å². The lowest BCUT2D eigenvalue weighted by molar-refractivity contribution is -0.121. The van der Waals surface area contributed by atoms with Gasteiger partial charge >= 0.3 is 0 Å². The Bertz CT molecular complexity index is 794. The highest BCUT2D eigenvalue weighted by Crippen LogP contribution is 2.28. The molecule has 0 N–H and O–H groups in total. The van der Waals surface area contributed by atoms with Crippen molar-refractivity contribution >= 4 is 23.5 Å². The number of anilines is 2. The summed E-state index contributed by atoms with van der Waals surface area (Å²) in [5.74, 6) is 2.19. The van der Waals surface area contributed by atoms with Gasteiger partial charge in [0.25, 0.3) is 5.91 Å². The van der Waals surface area contributed by atoms with E-state index in [-0.39, 0.29) is 18.4 Å². The van der Waals surface area contributed by atoms with E-state index >= 15 is 0 Å². The van der Waals surface area contributed by atoms with Crippen LogP contribution in [0.5, 0.6) is 5.75 Å². The molecule has 7 heteroatoms. The van der Waals surface area contributed by atoms with E-state index < -0.39 is 0 Å². The van der Waals surface area contributed by atoms with Gasteiger partial charge in [0.2, 0.25) is 5.91 Å². The van der Waals surface area contributed by atoms with Gasteiger partial charge in [-0.3, -0.25) is 19.4 Å². The second-order valence-electron chi connectivity index (χ2n) is 6.52. The zero-order valence-electron chi connectivity index (χ0n) is 15.4. The molecule has 0 spiro atoms. The zero-order valence-corrected chi connectivity index (χ0v) is 15.4. The number of aryl methyl sites for hydroxylation is 3. The normalized spacial score (nSPS) is 15.5. The van der Waals surface area contributed by atoms with Crippen LogP contribution in [0.15, 0.2) is 24.5 Å². The maximum absolute atomic E-state index is 11.3. The fraction of sp³-hybridized carbons (Fsp3) is 0.368. The molecule has 0 unspecified atom stereocenters. The average Bonchev–Trinajstić information content (AvgIpc) is 2.62. The number of nitrogens with zero attached hydrogens (tertiary/aromatic N) is 4. The largest absolute Gasteiger partial charge is 0.480 e. The standard InChI is InChI=1S/C10H12N2O.C9H10N2O2/c1-7-5-8-3-4-9(13)12(2)10(8)11-6-7;1-6-3-7-9(10-4-6)11(2)8(12)5-13-7/h5-6H,3-4H2,1-2H3;3-4H,5H2,1-2H3. The van der Waals surface area contributed by atoms with Crippen molar-refractivity contribution in [2.75, 3.05) is 30.5 Å². The molecule has 136 valence electrons. The molecule has 2 aliphatic rings. The van der Waals surface area contributed by atoms with E-state index in [0.29, 0.717) is 18.0 Å². The predicted molar refractivity (Wildman–Crippen MR) is 98.6 cm³/mol. The number of aromatic nitrogens is 2. The molecule has 2 aromatic rings. The Hall–Kier alpha value is -2.96. The van der Waals surface area contributed by atoms with Crippen molar-refractivity contribution in [3.63, 3.8) is 0 Å². The van der Waals surface area contributed by atoms with Crippen molar-refractivity contribution in [2.24, 2.45) is 0 Å². The Balaban J connectivity index is 0.000000151. The first-order chi connectivity index (χ1) is 12.4. The summed E-state index contributed by atoms with van der Waals surface area (Å²) in [6, 6.07) is 3.98. The maximum Gasteiger partial charge on any atom is 0.265 e. The van der Waals surface area contributed by atoms with Crippen LogP contribution < -0.4 is 14.5 Å². The van der Waals surface area contributed by atoms with E-state index in [1.807, 2.05) is 19.9 Å². The molecule has 0 aliphatic carbocycles. The number of carbonyl (C=O) groups excluding carboxylic acids is 2. The van der Waals surface area contributed by atoms with Gasteiger partial charge in [-0.1, -0.05) is 6.07 Å². The van der Waals surface area contributed by atoms with Gasteiger partial charge < -0.3 is 4.74 Å². The minimum atomic E-state index is -0.0659. The van der Waals surface area contributed by atoms with Gasteiger partial charge in [-0.2, -0.15) is 0 Å². The van der Waals surface area contributed by atoms with Gasteiger partial charge in [0.1, 0.15) is 5.82 Å². The van der Waals surface area contributed by atoms with Crippen LogP contribution in [0.4, 0.5) is 11.6 Å². The molecular formula is C19H22N4O3. The summed E-state index contributed by atoms with van der Waals surface area (Å²) in [5.41, 5.74) is 3.37. The second kappa shape index (κ2) is 7.11. The van der Waals surface area contributed by atoms with Crippen LogP contribution in [0, 0.1) is 13.8 Å². The molecule has 2 aliphatic heterocycles. The minimum Gasteiger partial charge on any atom is -0.480 e. The average molecular weight is 354 g/mol. The van der Waals surface area contributed by atoms with E-state index in [1.54, 1.807) is 31.4 Å². The summed E-state index contributed by atoms with van der Waals surface area (Å²) < 4.78 is 5.23. The van der Waals surface area contributed by atoms with Gasteiger partial charge in [-0.05, 0) is 43.0 Å². The van der Waals surface area contributed by atoms with Crippen LogP contribution >= 0.6 is 0 Å². The van der Waals surface area contributed by atoms with Gasteiger partial charge in [0.05, 0.1) is 0 Å². The Morgan fingerprint density at radius 2 is 1.50 bits per heavy atom. The third-order valence-corrected chi connectivity index (χ3v) is 4.39. The number of pyridine rings is 2. The van der Waals surface area contributed by atoms with Crippen LogP contribution in [0.2, 0.25) is 0 Å². The van der Waals surface area contributed by atoms with Gasteiger partial charge in [-0.25, -0.2) is 9.97 Å². The Kier molecular flexibility index (Phi) is 4.88. The Morgan fingerprint density at radius 3 is 2.23 bits per heavy atom. The zero-order chi connectivity index (χ0) is 18.8. The Labute approximate surface area is 152 Å². The van der Waals surface area contributed by atoms with E-state index in [0.717, 1.165) is 23.4 Å². The van der Waals surface area contributed by atoms with E-state index in [2.05, 4.69) is 16.0 Å². The quantitative estimate of drug-likeness (QED) is 0.724. The first-order valence-corrected chi connectivity index (χ1v) is 8.45. The molecule has 26 heavy (non-hydrogen) atoms. The molecule has 0 saturated carbocycles. The van der Waals surface area contributed by atoms with Crippen LogP contribution in [0.25, 0.3) is 0 Å². The molecule has 0 aromatic carbocycles. The summed E-state index contributed by atoms with van der Waals surface area (Å²) in [7, 11) is 3.48. The number of hydrogen-bond acceptors (Lipinski definition) is 5. The fourth-order valence-corrected chi connectivity index (χ4v) is 2.88. The van der Waals surface area contributed by atoms with E-state index in [1.165, 1.54) is 10.5 Å². The lowest BCUT2D eigenvalue weighted by atomic mass is 10.0. The van der Waals surface area contributed by atoms with Crippen LogP contribution in [-0.2, 0) is 16.0 Å². The van der Waals surface area contributed by atoms with Crippen LogP contribution in [0.1, 0.15) is 23.1 Å². The van der Waals surface area contributed by atoms with Crippen molar-refractivity contribution in [1.29, 1.82) is 0 Å². The highest BCUT2D eigenvalue weighted by Gasteiger charge is 2.23. The van der Waals surface area contributed by atoms with Crippen LogP contribution in [-0.4, -0.2) is 42.5 Å². The van der Waals surface area contributed by atoms with Gasteiger partial charge in [0, 0.05) is 32.9 Å². The first-order valence-electron chi connectivity index (χ1n) is 8.45. The number of likely N-dealkylation sites (N-methyl/N-ethyl adjacent to an activating group) is 1. The molecule has 0 atom stereocenters. The number of amides is 2.